The Morgan fingerprint density at radius 3 is 3.00 bits per heavy atom. The predicted octanol–water partition coefficient (Wildman–Crippen LogP) is 0.582. The van der Waals surface area contributed by atoms with Crippen LogP contribution in [0.2, 0.25) is 0 Å². The molecule has 0 unspecified atom stereocenters. The van der Waals surface area contributed by atoms with E-state index in [1.165, 1.54) is 18.0 Å². The number of amides is 1. The van der Waals surface area contributed by atoms with Crippen LogP contribution in [0.3, 0.4) is 0 Å². The summed E-state index contributed by atoms with van der Waals surface area (Å²) in [7, 11) is 0. The molecule has 0 fully saturated rings. The number of carbonyl (C=O) groups excluding carboxylic acids is 1. The van der Waals surface area contributed by atoms with E-state index in [-0.39, 0.29) is 29.7 Å². The third-order valence-electron chi connectivity index (χ3n) is 3.23. The molecule has 7 heteroatoms. The van der Waals surface area contributed by atoms with Gasteiger partial charge in [-0.15, -0.1) is 0 Å². The van der Waals surface area contributed by atoms with Gasteiger partial charge in [0, 0.05) is 37.7 Å². The van der Waals surface area contributed by atoms with Gasteiger partial charge < -0.3 is 10.0 Å². The van der Waals surface area contributed by atoms with Crippen molar-refractivity contribution in [3.63, 3.8) is 0 Å². The van der Waals surface area contributed by atoms with Crippen molar-refractivity contribution in [2.75, 3.05) is 18.9 Å². The van der Waals surface area contributed by atoms with E-state index in [1.807, 2.05) is 13.8 Å². The first-order chi connectivity index (χ1) is 9.56. The summed E-state index contributed by atoms with van der Waals surface area (Å²) >= 11 is 1.52. The Kier molecular flexibility index (Phi) is 4.82. The Morgan fingerprint density at radius 1 is 1.60 bits per heavy atom. The van der Waals surface area contributed by atoms with E-state index in [0.29, 0.717) is 24.7 Å². The van der Waals surface area contributed by atoms with Gasteiger partial charge in [0.15, 0.2) is 5.16 Å². The van der Waals surface area contributed by atoms with Crippen LogP contribution >= 0.6 is 11.8 Å². The second kappa shape index (κ2) is 6.41. The van der Waals surface area contributed by atoms with Crippen molar-refractivity contribution in [1.29, 1.82) is 0 Å². The minimum Gasteiger partial charge on any atom is -0.396 e. The molecule has 1 amide bonds. The van der Waals surface area contributed by atoms with Crippen molar-refractivity contribution >= 4 is 17.7 Å². The molecular weight excluding hydrogens is 278 g/mol. The van der Waals surface area contributed by atoms with E-state index in [9.17, 15) is 9.59 Å². The lowest BCUT2D eigenvalue weighted by molar-refractivity contribution is 0.0689. The van der Waals surface area contributed by atoms with Crippen LogP contribution in [0.15, 0.2) is 16.1 Å². The molecule has 0 saturated heterocycles. The first-order valence-corrected chi connectivity index (χ1v) is 7.69. The van der Waals surface area contributed by atoms with Gasteiger partial charge in [-0.2, -0.15) is 0 Å². The van der Waals surface area contributed by atoms with Crippen molar-refractivity contribution in [2.45, 2.75) is 38.0 Å². The first kappa shape index (κ1) is 15.1. The third kappa shape index (κ3) is 2.88. The zero-order chi connectivity index (χ0) is 14.7. The second-order valence-electron chi connectivity index (χ2n) is 4.93. The summed E-state index contributed by atoms with van der Waals surface area (Å²) in [6.45, 7) is 4.84. The maximum Gasteiger partial charge on any atom is 0.267 e. The van der Waals surface area contributed by atoms with Crippen molar-refractivity contribution in [3.8, 4) is 0 Å². The van der Waals surface area contributed by atoms with E-state index in [2.05, 4.69) is 4.98 Å². The van der Waals surface area contributed by atoms with E-state index in [4.69, 9.17) is 5.11 Å². The number of rotatable bonds is 5. The Hall–Kier alpha value is -1.34. The van der Waals surface area contributed by atoms with Gasteiger partial charge in [-0.05, 0) is 20.3 Å². The van der Waals surface area contributed by atoms with Crippen molar-refractivity contribution in [2.24, 2.45) is 0 Å². The van der Waals surface area contributed by atoms with Crippen LogP contribution in [0.4, 0.5) is 0 Å². The highest BCUT2D eigenvalue weighted by molar-refractivity contribution is 7.99. The van der Waals surface area contributed by atoms with Gasteiger partial charge in [0.05, 0.1) is 0 Å². The molecule has 1 aromatic heterocycles. The molecule has 0 saturated carbocycles. The summed E-state index contributed by atoms with van der Waals surface area (Å²) in [5, 5.41) is 9.59. The zero-order valence-corrected chi connectivity index (χ0v) is 12.5. The Labute approximate surface area is 121 Å². The normalized spacial score (nSPS) is 13.6. The minimum absolute atomic E-state index is 0.0224. The molecule has 1 N–H and O–H groups in total. The number of thioether (sulfide) groups is 1. The number of nitrogens with zero attached hydrogens (tertiary/aromatic N) is 3. The number of aliphatic hydroxyl groups excluding tert-OH is 1. The maximum atomic E-state index is 12.5. The molecule has 0 atom stereocenters. The molecule has 0 aromatic carbocycles. The number of aliphatic hydroxyl groups is 1. The second-order valence-corrected chi connectivity index (χ2v) is 5.99. The Bertz CT molecular complexity index is 556. The summed E-state index contributed by atoms with van der Waals surface area (Å²) in [6, 6.07) is -0.0268. The van der Waals surface area contributed by atoms with Crippen LogP contribution in [0, 0.1) is 0 Å². The lowest BCUT2D eigenvalue weighted by Gasteiger charge is -2.26. The van der Waals surface area contributed by atoms with Crippen LogP contribution in [0.1, 0.15) is 30.6 Å². The highest BCUT2D eigenvalue weighted by Crippen LogP contribution is 2.20. The van der Waals surface area contributed by atoms with Gasteiger partial charge >= 0.3 is 0 Å². The molecule has 6 nitrogen and oxygen atoms in total. The Morgan fingerprint density at radius 2 is 2.35 bits per heavy atom. The van der Waals surface area contributed by atoms with E-state index < -0.39 is 0 Å². The van der Waals surface area contributed by atoms with Crippen molar-refractivity contribution in [3.05, 3.63) is 22.1 Å². The topological polar surface area (TPSA) is 75.4 Å². The number of hydrogen-bond acceptors (Lipinski definition) is 5. The molecule has 1 aromatic rings. The number of aromatic nitrogens is 2. The van der Waals surface area contributed by atoms with Crippen molar-refractivity contribution < 1.29 is 9.90 Å². The van der Waals surface area contributed by atoms with E-state index in [1.54, 1.807) is 9.47 Å². The SMILES string of the molecule is CC(C)N(CCCO)C(=O)c1cnc2n(c1=O)CCS2. The number of carbonyl (C=O) groups is 1. The average molecular weight is 297 g/mol. The van der Waals surface area contributed by atoms with Gasteiger partial charge in [-0.25, -0.2) is 4.98 Å². The summed E-state index contributed by atoms with van der Waals surface area (Å²) in [4.78, 5) is 30.6. The van der Waals surface area contributed by atoms with E-state index in [0.717, 1.165) is 5.75 Å². The molecule has 1 aliphatic heterocycles. The molecule has 110 valence electrons. The summed E-state index contributed by atoms with van der Waals surface area (Å²) in [5.74, 6) is 0.510. The zero-order valence-electron chi connectivity index (χ0n) is 11.7. The van der Waals surface area contributed by atoms with Crippen LogP contribution in [-0.4, -0.2) is 50.4 Å². The average Bonchev–Trinajstić information content (AvgIpc) is 2.88. The predicted molar refractivity (Wildman–Crippen MR) is 77.1 cm³/mol. The van der Waals surface area contributed by atoms with Crippen LogP contribution in [0.25, 0.3) is 0 Å². The van der Waals surface area contributed by atoms with E-state index >= 15 is 0 Å². The fourth-order valence-corrected chi connectivity index (χ4v) is 3.07. The quantitative estimate of drug-likeness (QED) is 0.805. The van der Waals surface area contributed by atoms with Gasteiger partial charge in [0.2, 0.25) is 0 Å². The molecule has 0 spiro atoms. The minimum atomic E-state index is -0.307. The molecule has 20 heavy (non-hydrogen) atoms. The summed E-state index contributed by atoms with van der Waals surface area (Å²) in [6.07, 6.45) is 1.88. The lowest BCUT2D eigenvalue weighted by Crippen LogP contribution is -2.41. The fourth-order valence-electron chi connectivity index (χ4n) is 2.15. The highest BCUT2D eigenvalue weighted by atomic mass is 32.2. The van der Waals surface area contributed by atoms with Crippen LogP contribution in [-0.2, 0) is 6.54 Å². The Balaban J connectivity index is 2.30. The number of hydrogen-bond donors (Lipinski definition) is 1. The van der Waals surface area contributed by atoms with Gasteiger partial charge in [0.1, 0.15) is 5.56 Å². The highest BCUT2D eigenvalue weighted by Gasteiger charge is 2.24. The number of fused-ring (bicyclic) bond motifs is 1. The molecular formula is C13H19N3O3S. The molecule has 0 radical (unpaired) electrons. The lowest BCUT2D eigenvalue weighted by atomic mass is 10.2. The fraction of sp³-hybridized carbons (Fsp3) is 0.615. The molecule has 2 heterocycles. The molecule has 0 bridgehead atoms. The summed E-state index contributed by atoms with van der Waals surface area (Å²) < 4.78 is 1.56. The molecule has 1 aliphatic rings. The van der Waals surface area contributed by atoms with Crippen LogP contribution < -0.4 is 5.56 Å². The monoisotopic (exact) mass is 297 g/mol. The van der Waals surface area contributed by atoms with Gasteiger partial charge in [-0.3, -0.25) is 14.2 Å². The first-order valence-electron chi connectivity index (χ1n) is 6.70. The molecule has 0 aliphatic carbocycles. The van der Waals surface area contributed by atoms with Crippen molar-refractivity contribution in [1.82, 2.24) is 14.5 Å². The van der Waals surface area contributed by atoms with Crippen LogP contribution in [0.5, 0.6) is 0 Å². The summed E-state index contributed by atoms with van der Waals surface area (Å²) in [5.41, 5.74) is -0.150. The van der Waals surface area contributed by atoms with Gasteiger partial charge in [-0.1, -0.05) is 11.8 Å². The third-order valence-corrected chi connectivity index (χ3v) is 4.20. The van der Waals surface area contributed by atoms with Gasteiger partial charge in [0.25, 0.3) is 11.5 Å². The molecule has 2 rings (SSSR count). The smallest absolute Gasteiger partial charge is 0.267 e. The standard InChI is InChI=1S/C13H19N3O3S/c1-9(2)15(4-3-6-17)11(18)10-8-14-13-16(12(10)19)5-7-20-13/h8-9,17H,3-7H2,1-2H3. The largest absolute Gasteiger partial charge is 0.396 e. The maximum absolute atomic E-state index is 12.5.